The first kappa shape index (κ1) is 22.0. The number of nitrogens with two attached hydrogens (primary N) is 1. The van der Waals surface area contributed by atoms with Crippen molar-refractivity contribution >= 4 is 11.7 Å². The van der Waals surface area contributed by atoms with Gasteiger partial charge in [-0.2, -0.15) is 5.26 Å². The zero-order valence-electron chi connectivity index (χ0n) is 17.9. The van der Waals surface area contributed by atoms with Gasteiger partial charge in [0.2, 0.25) is 5.88 Å². The van der Waals surface area contributed by atoms with E-state index in [0.29, 0.717) is 62.8 Å². The van der Waals surface area contributed by atoms with Crippen LogP contribution in [0.3, 0.4) is 0 Å². The van der Waals surface area contributed by atoms with Crippen molar-refractivity contribution in [3.8, 4) is 11.9 Å². The van der Waals surface area contributed by atoms with Gasteiger partial charge in [-0.15, -0.1) is 0 Å². The molecule has 0 aliphatic carbocycles. The van der Waals surface area contributed by atoms with Crippen LogP contribution in [0, 0.1) is 11.3 Å². The Morgan fingerprint density at radius 3 is 2.59 bits per heavy atom. The minimum absolute atomic E-state index is 0.0790. The standard InChI is InChI=1S/C23H27FN6O2/c24-23(6-11-29(12-7-23)16-17-3-8-27-20(26)13-17)22(31)30-9-4-19(5-10-30)32-21-2-1-18(14-25)15-28-21/h1-3,8,13,15,19H,4-7,9-12,16H2,(H2,26,27). The van der Waals surface area contributed by atoms with Crippen molar-refractivity contribution in [2.75, 3.05) is 31.9 Å². The lowest BCUT2D eigenvalue weighted by atomic mass is 9.90. The second kappa shape index (κ2) is 9.49. The van der Waals surface area contributed by atoms with Gasteiger partial charge < -0.3 is 15.4 Å². The van der Waals surface area contributed by atoms with Gasteiger partial charge in [-0.1, -0.05) is 0 Å². The Hall–Kier alpha value is -3.25. The van der Waals surface area contributed by atoms with Gasteiger partial charge in [-0.05, 0) is 23.8 Å². The number of hydrogen-bond acceptors (Lipinski definition) is 7. The number of carbonyl (C=O) groups is 1. The topological polar surface area (TPSA) is 108 Å². The molecule has 0 spiro atoms. The molecular weight excluding hydrogens is 411 g/mol. The average molecular weight is 439 g/mol. The van der Waals surface area contributed by atoms with Crippen LogP contribution < -0.4 is 10.5 Å². The van der Waals surface area contributed by atoms with Gasteiger partial charge in [0.25, 0.3) is 5.91 Å². The highest BCUT2D eigenvalue weighted by molar-refractivity contribution is 5.85. The van der Waals surface area contributed by atoms with E-state index in [0.717, 1.165) is 5.56 Å². The predicted molar refractivity (Wildman–Crippen MR) is 116 cm³/mol. The number of pyridine rings is 2. The van der Waals surface area contributed by atoms with Crippen LogP contribution >= 0.6 is 0 Å². The zero-order valence-corrected chi connectivity index (χ0v) is 17.9. The first-order chi connectivity index (χ1) is 15.4. The van der Waals surface area contributed by atoms with Crippen molar-refractivity contribution in [2.45, 2.75) is 44.0 Å². The molecule has 9 heteroatoms. The smallest absolute Gasteiger partial charge is 0.260 e. The van der Waals surface area contributed by atoms with E-state index in [-0.39, 0.29) is 18.9 Å². The molecule has 8 nitrogen and oxygen atoms in total. The van der Waals surface area contributed by atoms with Crippen LogP contribution in [-0.2, 0) is 11.3 Å². The van der Waals surface area contributed by atoms with E-state index in [1.165, 1.54) is 6.20 Å². The highest BCUT2D eigenvalue weighted by atomic mass is 19.1. The molecule has 1 amide bonds. The Balaban J connectivity index is 1.25. The normalized spacial score (nSPS) is 19.3. The molecule has 2 aromatic rings. The second-order valence-electron chi connectivity index (χ2n) is 8.44. The fourth-order valence-electron chi connectivity index (χ4n) is 4.28. The van der Waals surface area contributed by atoms with Crippen LogP contribution in [0.1, 0.15) is 36.8 Å². The molecule has 0 unspecified atom stereocenters. The summed E-state index contributed by atoms with van der Waals surface area (Å²) in [7, 11) is 0. The van der Waals surface area contributed by atoms with Crippen LogP contribution in [-0.4, -0.2) is 63.6 Å². The molecule has 4 rings (SSSR count). The molecule has 2 fully saturated rings. The van der Waals surface area contributed by atoms with Crippen LogP contribution in [0.2, 0.25) is 0 Å². The van der Waals surface area contributed by atoms with E-state index in [1.54, 1.807) is 23.2 Å². The number of alkyl halides is 1. The van der Waals surface area contributed by atoms with Gasteiger partial charge in [0.15, 0.2) is 5.67 Å². The van der Waals surface area contributed by atoms with Gasteiger partial charge in [0.05, 0.1) is 5.56 Å². The Morgan fingerprint density at radius 1 is 1.22 bits per heavy atom. The Labute approximate surface area is 186 Å². The first-order valence-electron chi connectivity index (χ1n) is 10.9. The molecule has 2 aliphatic heterocycles. The molecule has 0 bridgehead atoms. The minimum atomic E-state index is -1.81. The third-order valence-electron chi connectivity index (χ3n) is 6.17. The molecule has 0 aromatic carbocycles. The van der Waals surface area contributed by atoms with Crippen LogP contribution in [0.5, 0.6) is 5.88 Å². The van der Waals surface area contributed by atoms with Gasteiger partial charge >= 0.3 is 0 Å². The molecule has 168 valence electrons. The van der Waals surface area contributed by atoms with Gasteiger partial charge in [0.1, 0.15) is 18.0 Å². The molecule has 2 aliphatic rings. The fraction of sp³-hybridized carbons (Fsp3) is 0.478. The third-order valence-corrected chi connectivity index (χ3v) is 6.17. The summed E-state index contributed by atoms with van der Waals surface area (Å²) in [5, 5.41) is 8.84. The molecule has 0 saturated carbocycles. The van der Waals surface area contributed by atoms with Crippen molar-refractivity contribution in [1.29, 1.82) is 5.26 Å². The third kappa shape index (κ3) is 5.14. The van der Waals surface area contributed by atoms with E-state index in [2.05, 4.69) is 14.9 Å². The second-order valence-corrected chi connectivity index (χ2v) is 8.44. The average Bonchev–Trinajstić information content (AvgIpc) is 2.81. The van der Waals surface area contributed by atoms with E-state index in [1.807, 2.05) is 18.2 Å². The molecule has 2 N–H and O–H groups in total. The summed E-state index contributed by atoms with van der Waals surface area (Å²) in [5.74, 6) is 0.524. The highest BCUT2D eigenvalue weighted by Crippen LogP contribution is 2.31. The van der Waals surface area contributed by atoms with Crippen LogP contribution in [0.4, 0.5) is 10.2 Å². The quantitative estimate of drug-likeness (QED) is 0.763. The maximum Gasteiger partial charge on any atom is 0.260 e. The number of carbonyl (C=O) groups excluding carboxylic acids is 1. The largest absolute Gasteiger partial charge is 0.474 e. The number of nitrogen functional groups attached to an aromatic ring is 1. The van der Waals surface area contributed by atoms with Crippen molar-refractivity contribution in [3.05, 3.63) is 47.8 Å². The lowest BCUT2D eigenvalue weighted by Gasteiger charge is -2.40. The van der Waals surface area contributed by atoms with Crippen molar-refractivity contribution in [3.63, 3.8) is 0 Å². The van der Waals surface area contributed by atoms with Gasteiger partial charge in [-0.25, -0.2) is 14.4 Å². The fourth-order valence-corrected chi connectivity index (χ4v) is 4.28. The summed E-state index contributed by atoms with van der Waals surface area (Å²) in [6, 6.07) is 9.07. The number of ether oxygens (including phenoxy) is 1. The molecule has 0 radical (unpaired) electrons. The summed E-state index contributed by atoms with van der Waals surface area (Å²) in [5.41, 5.74) is 5.43. The van der Waals surface area contributed by atoms with E-state index in [9.17, 15) is 4.79 Å². The van der Waals surface area contributed by atoms with Crippen molar-refractivity contribution < 1.29 is 13.9 Å². The number of piperidine rings is 2. The summed E-state index contributed by atoms with van der Waals surface area (Å²) in [6.07, 6.45) is 4.69. The number of anilines is 1. The highest BCUT2D eigenvalue weighted by Gasteiger charge is 2.44. The number of halogens is 1. The lowest BCUT2D eigenvalue weighted by molar-refractivity contribution is -0.149. The van der Waals surface area contributed by atoms with E-state index >= 15 is 4.39 Å². The number of nitriles is 1. The molecule has 0 atom stereocenters. The number of nitrogens with zero attached hydrogens (tertiary/aromatic N) is 5. The molecule has 2 aromatic heterocycles. The Bertz CT molecular complexity index is 977. The maximum absolute atomic E-state index is 15.5. The summed E-state index contributed by atoms with van der Waals surface area (Å²) in [6.45, 7) is 2.64. The predicted octanol–water partition coefficient (Wildman–Crippen LogP) is 2.30. The number of rotatable bonds is 5. The number of likely N-dealkylation sites (tertiary alicyclic amines) is 2. The van der Waals surface area contributed by atoms with Crippen molar-refractivity contribution in [2.24, 2.45) is 0 Å². The number of aromatic nitrogens is 2. The van der Waals surface area contributed by atoms with Gasteiger partial charge in [-0.3, -0.25) is 9.69 Å². The lowest BCUT2D eigenvalue weighted by Crippen LogP contribution is -2.54. The van der Waals surface area contributed by atoms with Crippen LogP contribution in [0.15, 0.2) is 36.7 Å². The summed E-state index contributed by atoms with van der Waals surface area (Å²) in [4.78, 5) is 24.8. The number of amides is 1. The SMILES string of the molecule is N#Cc1ccc(OC2CCN(C(=O)C3(F)CCN(Cc4ccnc(N)c4)CC3)CC2)nc1. The van der Waals surface area contributed by atoms with Gasteiger partial charge in [0, 0.05) is 76.9 Å². The van der Waals surface area contributed by atoms with E-state index in [4.69, 9.17) is 15.7 Å². The van der Waals surface area contributed by atoms with E-state index < -0.39 is 11.6 Å². The molecule has 32 heavy (non-hydrogen) atoms. The molecular formula is C23H27FN6O2. The minimum Gasteiger partial charge on any atom is -0.474 e. The van der Waals surface area contributed by atoms with Crippen molar-refractivity contribution in [1.82, 2.24) is 19.8 Å². The monoisotopic (exact) mass is 438 g/mol. The number of hydrogen-bond donors (Lipinski definition) is 1. The maximum atomic E-state index is 15.5. The Morgan fingerprint density at radius 2 is 1.97 bits per heavy atom. The molecule has 2 saturated heterocycles. The summed E-state index contributed by atoms with van der Waals surface area (Å²) >= 11 is 0. The zero-order chi connectivity index (χ0) is 22.6. The summed E-state index contributed by atoms with van der Waals surface area (Å²) < 4.78 is 21.4. The Kier molecular flexibility index (Phi) is 6.51. The first-order valence-corrected chi connectivity index (χ1v) is 10.9. The van der Waals surface area contributed by atoms with Crippen LogP contribution in [0.25, 0.3) is 0 Å². The molecule has 4 heterocycles.